The number of hydrogen-bond donors (Lipinski definition) is 1. The van der Waals surface area contributed by atoms with Crippen LogP contribution in [0.2, 0.25) is 0 Å². The normalized spacial score (nSPS) is 18.4. The second-order valence-corrected chi connectivity index (χ2v) is 4.24. The fourth-order valence-electron chi connectivity index (χ4n) is 2.08. The number of rotatable bonds is 4. The molecule has 1 rings (SSSR count). The molecule has 0 spiro atoms. The van der Waals surface area contributed by atoms with E-state index in [1.54, 1.807) is 11.9 Å². The Balaban J connectivity index is 2.40. The zero-order chi connectivity index (χ0) is 12.1. The average molecular weight is 228 g/mol. The molecule has 5 nitrogen and oxygen atoms in total. The molecular weight excluding hydrogens is 208 g/mol. The summed E-state index contributed by atoms with van der Waals surface area (Å²) in [4.78, 5) is 25.9. The van der Waals surface area contributed by atoms with Crippen molar-refractivity contribution in [1.29, 1.82) is 0 Å². The molecule has 1 fully saturated rings. The van der Waals surface area contributed by atoms with E-state index >= 15 is 0 Å². The van der Waals surface area contributed by atoms with Crippen LogP contribution in [-0.4, -0.2) is 59.5 Å². The molecule has 1 saturated heterocycles. The summed E-state index contributed by atoms with van der Waals surface area (Å²) in [6.45, 7) is 5.15. The summed E-state index contributed by atoms with van der Waals surface area (Å²) in [5, 5.41) is 8.56. The fraction of sp³-hybridized carbons (Fsp3) is 0.818. The Labute approximate surface area is 96.0 Å². The molecule has 1 aliphatic heterocycles. The first kappa shape index (κ1) is 13.0. The molecule has 0 aromatic heterocycles. The van der Waals surface area contributed by atoms with Crippen molar-refractivity contribution in [3.63, 3.8) is 0 Å². The van der Waals surface area contributed by atoms with E-state index in [1.807, 2.05) is 0 Å². The van der Waals surface area contributed by atoms with Crippen LogP contribution in [0.25, 0.3) is 0 Å². The molecule has 0 unspecified atom stereocenters. The number of carbonyl (C=O) groups is 2. The quantitative estimate of drug-likeness (QED) is 0.708. The average Bonchev–Trinajstić information content (AvgIpc) is 2.27. The lowest BCUT2D eigenvalue weighted by atomic mass is 10.0. The number of carboxylic acids is 1. The number of likely N-dealkylation sites (tertiary alicyclic amines) is 1. The van der Waals surface area contributed by atoms with Gasteiger partial charge < -0.3 is 14.9 Å². The minimum Gasteiger partial charge on any atom is -0.481 e. The van der Waals surface area contributed by atoms with Crippen molar-refractivity contribution >= 4 is 11.9 Å². The van der Waals surface area contributed by atoms with Gasteiger partial charge in [-0.1, -0.05) is 6.92 Å². The van der Waals surface area contributed by atoms with Crippen LogP contribution in [0.3, 0.4) is 0 Å². The van der Waals surface area contributed by atoms with Crippen LogP contribution >= 0.6 is 0 Å². The third kappa shape index (κ3) is 3.48. The Bertz CT molecular complexity index is 260. The van der Waals surface area contributed by atoms with Crippen molar-refractivity contribution in [2.24, 2.45) is 0 Å². The Morgan fingerprint density at radius 2 is 1.94 bits per heavy atom. The first-order valence-corrected chi connectivity index (χ1v) is 5.74. The van der Waals surface area contributed by atoms with Gasteiger partial charge in [0, 0.05) is 26.2 Å². The number of hydrogen-bond acceptors (Lipinski definition) is 3. The Morgan fingerprint density at radius 3 is 2.38 bits per heavy atom. The van der Waals surface area contributed by atoms with Crippen LogP contribution in [0, 0.1) is 0 Å². The summed E-state index contributed by atoms with van der Waals surface area (Å²) < 4.78 is 0. The topological polar surface area (TPSA) is 60.9 Å². The van der Waals surface area contributed by atoms with Gasteiger partial charge >= 0.3 is 5.97 Å². The highest BCUT2D eigenvalue weighted by Crippen LogP contribution is 2.15. The monoisotopic (exact) mass is 228 g/mol. The maximum atomic E-state index is 11.5. The van der Waals surface area contributed by atoms with Crippen LogP contribution < -0.4 is 0 Å². The van der Waals surface area contributed by atoms with Crippen LogP contribution in [0.15, 0.2) is 0 Å². The molecule has 0 aromatic carbocycles. The molecule has 0 atom stereocenters. The van der Waals surface area contributed by atoms with Gasteiger partial charge in [-0.2, -0.15) is 0 Å². The summed E-state index contributed by atoms with van der Waals surface area (Å²) in [6.07, 6.45) is 1.48. The zero-order valence-corrected chi connectivity index (χ0v) is 9.98. The third-order valence-corrected chi connectivity index (χ3v) is 3.25. The predicted octanol–water partition coefficient (Wildman–Crippen LogP) is 0.404. The molecule has 16 heavy (non-hydrogen) atoms. The largest absolute Gasteiger partial charge is 0.481 e. The van der Waals surface area contributed by atoms with Crippen molar-refractivity contribution in [3.05, 3.63) is 0 Å². The molecule has 1 heterocycles. The molecule has 1 aliphatic rings. The molecule has 0 bridgehead atoms. The van der Waals surface area contributed by atoms with Crippen LogP contribution in [-0.2, 0) is 9.59 Å². The first-order valence-electron chi connectivity index (χ1n) is 5.74. The number of piperidine rings is 1. The van der Waals surface area contributed by atoms with Crippen LogP contribution in [0.5, 0.6) is 0 Å². The van der Waals surface area contributed by atoms with Gasteiger partial charge in [-0.15, -0.1) is 0 Å². The maximum absolute atomic E-state index is 11.5. The van der Waals surface area contributed by atoms with E-state index in [-0.39, 0.29) is 11.9 Å². The smallest absolute Gasteiger partial charge is 0.312 e. The number of carboxylic acid groups (broad SMARTS) is 1. The summed E-state index contributed by atoms with van der Waals surface area (Å²) >= 11 is 0. The Hall–Kier alpha value is -1.10. The predicted molar refractivity (Wildman–Crippen MR) is 60.2 cm³/mol. The highest BCUT2D eigenvalue weighted by atomic mass is 16.4. The maximum Gasteiger partial charge on any atom is 0.312 e. The fourth-order valence-corrected chi connectivity index (χ4v) is 2.08. The van der Waals surface area contributed by atoms with E-state index in [4.69, 9.17) is 5.11 Å². The van der Waals surface area contributed by atoms with E-state index in [9.17, 15) is 9.59 Å². The van der Waals surface area contributed by atoms with E-state index < -0.39 is 12.4 Å². The molecule has 1 amide bonds. The van der Waals surface area contributed by atoms with Gasteiger partial charge in [-0.05, 0) is 19.4 Å². The molecule has 5 heteroatoms. The van der Waals surface area contributed by atoms with Gasteiger partial charge in [-0.25, -0.2) is 0 Å². The molecule has 0 aliphatic carbocycles. The van der Waals surface area contributed by atoms with Gasteiger partial charge in [0.25, 0.3) is 0 Å². The number of amides is 1. The number of nitrogens with zero attached hydrogens (tertiary/aromatic N) is 2. The van der Waals surface area contributed by atoms with Crippen LogP contribution in [0.1, 0.15) is 26.2 Å². The Kier molecular flexibility index (Phi) is 4.73. The summed E-state index contributed by atoms with van der Waals surface area (Å²) in [7, 11) is 1.71. The van der Waals surface area contributed by atoms with Gasteiger partial charge in [-0.3, -0.25) is 9.59 Å². The van der Waals surface area contributed by atoms with Crippen molar-refractivity contribution < 1.29 is 14.7 Å². The highest BCUT2D eigenvalue weighted by molar-refractivity contribution is 5.93. The van der Waals surface area contributed by atoms with E-state index in [2.05, 4.69) is 11.8 Å². The molecule has 0 saturated carbocycles. The number of aliphatic carboxylic acids is 1. The third-order valence-electron chi connectivity index (χ3n) is 3.25. The molecule has 0 aromatic rings. The first-order chi connectivity index (χ1) is 7.54. The zero-order valence-electron chi connectivity index (χ0n) is 9.98. The SMILES string of the molecule is CCN1CCC(N(C)C(=O)CC(=O)O)CC1. The van der Waals surface area contributed by atoms with Gasteiger partial charge in [0.2, 0.25) is 5.91 Å². The van der Waals surface area contributed by atoms with E-state index in [0.717, 1.165) is 32.5 Å². The minimum atomic E-state index is -1.05. The number of carbonyl (C=O) groups excluding carboxylic acids is 1. The molecule has 92 valence electrons. The van der Waals surface area contributed by atoms with Crippen molar-refractivity contribution in [3.8, 4) is 0 Å². The lowest BCUT2D eigenvalue weighted by molar-refractivity contribution is -0.144. The van der Waals surface area contributed by atoms with Crippen molar-refractivity contribution in [2.75, 3.05) is 26.7 Å². The highest BCUT2D eigenvalue weighted by Gasteiger charge is 2.25. The molecule has 0 radical (unpaired) electrons. The lowest BCUT2D eigenvalue weighted by Gasteiger charge is -2.36. The van der Waals surface area contributed by atoms with E-state index in [1.165, 1.54) is 0 Å². The molecule has 1 N–H and O–H groups in total. The van der Waals surface area contributed by atoms with Crippen LogP contribution in [0.4, 0.5) is 0 Å². The molecular formula is C11H20N2O3. The van der Waals surface area contributed by atoms with Gasteiger partial charge in [0.1, 0.15) is 6.42 Å². The van der Waals surface area contributed by atoms with Gasteiger partial charge in [0.15, 0.2) is 0 Å². The minimum absolute atomic E-state index is 0.203. The summed E-state index contributed by atoms with van der Waals surface area (Å²) in [5.41, 5.74) is 0. The standard InChI is InChI=1S/C11H20N2O3/c1-3-13-6-4-9(5-7-13)12(2)10(14)8-11(15)16/h9H,3-8H2,1-2H3,(H,15,16). The second kappa shape index (κ2) is 5.84. The lowest BCUT2D eigenvalue weighted by Crippen LogP contribution is -2.45. The summed E-state index contributed by atoms with van der Waals surface area (Å²) in [6, 6.07) is 0.203. The summed E-state index contributed by atoms with van der Waals surface area (Å²) in [5.74, 6) is -1.34. The van der Waals surface area contributed by atoms with Gasteiger partial charge in [0.05, 0.1) is 0 Å². The van der Waals surface area contributed by atoms with E-state index in [0.29, 0.717) is 0 Å². The van der Waals surface area contributed by atoms with Crippen molar-refractivity contribution in [1.82, 2.24) is 9.80 Å². The van der Waals surface area contributed by atoms with Crippen molar-refractivity contribution in [2.45, 2.75) is 32.2 Å². The Morgan fingerprint density at radius 1 is 1.38 bits per heavy atom. The second-order valence-electron chi connectivity index (χ2n) is 4.24.